The Kier molecular flexibility index (Phi) is 5.19. The number of carboxylic acids is 1. The second-order valence-corrected chi connectivity index (χ2v) is 7.43. The van der Waals surface area contributed by atoms with Crippen molar-refractivity contribution in [2.24, 2.45) is 5.16 Å². The van der Waals surface area contributed by atoms with Crippen molar-refractivity contribution >= 4 is 51.7 Å². The molecule has 12 heteroatoms. The molecule has 1 aromatic heterocycles. The number of carbonyl (C=O) groups excluding carboxylic acids is 2. The number of β-lactam (4-membered cyclic amide) rings is 1. The minimum absolute atomic E-state index is 0.109. The summed E-state index contributed by atoms with van der Waals surface area (Å²) in [7, 11) is 1.27. The van der Waals surface area contributed by atoms with Gasteiger partial charge in [-0.15, -0.1) is 23.1 Å². The molecule has 2 aliphatic rings. The lowest BCUT2D eigenvalue weighted by Gasteiger charge is -2.49. The second kappa shape index (κ2) is 7.40. The number of nitrogens with one attached hydrogen (secondary N) is 1. The van der Waals surface area contributed by atoms with Gasteiger partial charge in [0.25, 0.3) is 11.8 Å². The number of hydrogen-bond acceptors (Lipinski definition) is 9. The number of carbonyl (C=O) groups is 3. The van der Waals surface area contributed by atoms with E-state index in [0.29, 0.717) is 11.3 Å². The average molecular weight is 409 g/mol. The maximum absolute atomic E-state index is 12.6. The van der Waals surface area contributed by atoms with Crippen LogP contribution in [0.2, 0.25) is 0 Å². The number of hydrogen-bond donors (Lipinski definition) is 3. The van der Waals surface area contributed by atoms with E-state index in [2.05, 4.69) is 26.9 Å². The highest BCUT2D eigenvalue weighted by Gasteiger charge is 2.54. The number of aliphatic carboxylic acids is 1. The van der Waals surface area contributed by atoms with Gasteiger partial charge in [-0.05, 0) is 5.57 Å². The number of nitrogens with zero attached hydrogens (tertiary/aromatic N) is 3. The highest BCUT2D eigenvalue weighted by atomic mass is 32.2. The van der Waals surface area contributed by atoms with Crippen molar-refractivity contribution in [2.75, 3.05) is 18.6 Å². The summed E-state index contributed by atoms with van der Waals surface area (Å²) in [6.45, 7) is 3.58. The zero-order chi connectivity index (χ0) is 19.7. The van der Waals surface area contributed by atoms with E-state index in [-0.39, 0.29) is 22.2 Å². The predicted octanol–water partition coefficient (Wildman–Crippen LogP) is 0.000400. The van der Waals surface area contributed by atoms with Crippen LogP contribution in [-0.2, 0) is 19.2 Å². The normalized spacial score (nSPS) is 22.0. The topological polar surface area (TPSA) is 147 Å². The number of aromatic nitrogens is 1. The molecule has 2 atom stereocenters. The monoisotopic (exact) mass is 409 g/mol. The number of carboxylic acid groups (broad SMARTS) is 1. The quantitative estimate of drug-likeness (QED) is 0.338. The maximum atomic E-state index is 12.6. The van der Waals surface area contributed by atoms with E-state index in [1.807, 2.05) is 0 Å². The molecule has 1 saturated heterocycles. The smallest absolute Gasteiger partial charge is 0.352 e. The third-order valence-corrected chi connectivity index (χ3v) is 5.87. The molecule has 10 nitrogen and oxygen atoms in total. The third-order valence-electron chi connectivity index (χ3n) is 3.90. The van der Waals surface area contributed by atoms with E-state index in [1.165, 1.54) is 24.9 Å². The zero-order valence-electron chi connectivity index (χ0n) is 14.0. The summed E-state index contributed by atoms with van der Waals surface area (Å²) in [5.41, 5.74) is 6.02. The lowest BCUT2D eigenvalue weighted by molar-refractivity contribution is -0.150. The van der Waals surface area contributed by atoms with Crippen LogP contribution in [0.25, 0.3) is 0 Å². The van der Waals surface area contributed by atoms with Gasteiger partial charge in [-0.25, -0.2) is 9.78 Å². The van der Waals surface area contributed by atoms with Gasteiger partial charge in [-0.3, -0.25) is 14.5 Å². The number of anilines is 1. The van der Waals surface area contributed by atoms with Gasteiger partial charge in [0.15, 0.2) is 10.8 Å². The molecule has 2 amide bonds. The van der Waals surface area contributed by atoms with E-state index in [4.69, 9.17) is 5.73 Å². The number of fused-ring (bicyclic) bond motifs is 1. The zero-order valence-corrected chi connectivity index (χ0v) is 15.7. The molecule has 1 fully saturated rings. The van der Waals surface area contributed by atoms with Crippen LogP contribution in [0, 0.1) is 0 Å². The molecule has 0 aromatic carbocycles. The third kappa shape index (κ3) is 3.28. The summed E-state index contributed by atoms with van der Waals surface area (Å²) in [4.78, 5) is 46.4. The van der Waals surface area contributed by atoms with Gasteiger partial charge in [0.2, 0.25) is 0 Å². The molecule has 0 bridgehead atoms. The lowest BCUT2D eigenvalue weighted by Crippen LogP contribution is -2.71. The largest absolute Gasteiger partial charge is 0.477 e. The molecule has 142 valence electrons. The van der Waals surface area contributed by atoms with Crippen LogP contribution in [-0.4, -0.2) is 62.8 Å². The Morgan fingerprint density at radius 2 is 2.33 bits per heavy atom. The van der Waals surface area contributed by atoms with Gasteiger partial charge in [0.1, 0.15) is 29.9 Å². The molecule has 2 aliphatic heterocycles. The van der Waals surface area contributed by atoms with E-state index < -0.39 is 29.2 Å². The first-order chi connectivity index (χ1) is 12.9. The lowest BCUT2D eigenvalue weighted by atomic mass is 10.0. The Morgan fingerprint density at radius 1 is 1.59 bits per heavy atom. The Morgan fingerprint density at radius 3 is 2.89 bits per heavy atom. The summed E-state index contributed by atoms with van der Waals surface area (Å²) >= 11 is 2.47. The Labute approximate surface area is 161 Å². The number of rotatable bonds is 6. The van der Waals surface area contributed by atoms with Crippen LogP contribution < -0.4 is 11.1 Å². The predicted molar refractivity (Wildman–Crippen MR) is 100.0 cm³/mol. The van der Waals surface area contributed by atoms with Crippen molar-refractivity contribution in [3.05, 3.63) is 35.0 Å². The van der Waals surface area contributed by atoms with Crippen molar-refractivity contribution in [3.63, 3.8) is 0 Å². The molecule has 27 heavy (non-hydrogen) atoms. The van der Waals surface area contributed by atoms with E-state index in [1.54, 1.807) is 5.38 Å². The van der Waals surface area contributed by atoms with Gasteiger partial charge in [0.05, 0.1) is 0 Å². The molecule has 0 radical (unpaired) electrons. The first kappa shape index (κ1) is 18.9. The van der Waals surface area contributed by atoms with Gasteiger partial charge in [-0.2, -0.15) is 0 Å². The molecule has 0 spiro atoms. The van der Waals surface area contributed by atoms with E-state index in [0.717, 1.165) is 16.2 Å². The molecule has 0 saturated carbocycles. The van der Waals surface area contributed by atoms with E-state index >= 15 is 0 Å². The molecular formula is C15H15N5O5S2. The van der Waals surface area contributed by atoms with Crippen LogP contribution in [0.3, 0.4) is 0 Å². The Hall–Kier alpha value is -2.86. The van der Waals surface area contributed by atoms with Crippen LogP contribution in [0.1, 0.15) is 5.69 Å². The van der Waals surface area contributed by atoms with Crippen LogP contribution in [0.5, 0.6) is 0 Å². The number of amides is 2. The Bertz CT molecular complexity index is 893. The maximum Gasteiger partial charge on any atom is 0.352 e. The van der Waals surface area contributed by atoms with Gasteiger partial charge < -0.3 is 21.0 Å². The van der Waals surface area contributed by atoms with Crippen molar-refractivity contribution in [1.29, 1.82) is 0 Å². The van der Waals surface area contributed by atoms with Crippen molar-refractivity contribution in [1.82, 2.24) is 15.2 Å². The van der Waals surface area contributed by atoms with Crippen molar-refractivity contribution < 1.29 is 24.3 Å². The molecule has 3 rings (SSSR count). The van der Waals surface area contributed by atoms with Gasteiger partial charge >= 0.3 is 5.97 Å². The molecular weight excluding hydrogens is 394 g/mol. The number of nitrogens with two attached hydrogens (primary N) is 1. The minimum Gasteiger partial charge on any atom is -0.477 e. The van der Waals surface area contributed by atoms with E-state index in [9.17, 15) is 19.5 Å². The SMILES string of the molecule is C=CC1=C(C(=O)O)N2C(=O)[C@@H](NC(=O)/C(=N\OC)c3csc(N)n3)[C@H]2SC1. The molecule has 4 N–H and O–H groups in total. The number of allylic oxidation sites excluding steroid dienone is 1. The molecule has 1 aromatic rings. The summed E-state index contributed by atoms with van der Waals surface area (Å²) in [6.07, 6.45) is 1.42. The molecule has 0 aliphatic carbocycles. The minimum atomic E-state index is -1.21. The number of thioether (sulfide) groups is 1. The molecule has 0 unspecified atom stereocenters. The summed E-state index contributed by atoms with van der Waals surface area (Å²) in [5.74, 6) is -2.04. The van der Waals surface area contributed by atoms with Crippen LogP contribution in [0.4, 0.5) is 5.13 Å². The summed E-state index contributed by atoms with van der Waals surface area (Å²) < 4.78 is 0. The fourth-order valence-electron chi connectivity index (χ4n) is 2.70. The fourth-order valence-corrected chi connectivity index (χ4v) is 4.59. The highest BCUT2D eigenvalue weighted by molar-refractivity contribution is 8.00. The van der Waals surface area contributed by atoms with Gasteiger partial charge in [0, 0.05) is 11.1 Å². The number of nitrogen functional groups attached to an aromatic ring is 1. The second-order valence-electron chi connectivity index (χ2n) is 5.44. The van der Waals surface area contributed by atoms with Crippen LogP contribution in [0.15, 0.2) is 34.5 Å². The number of oxime groups is 1. The fraction of sp³-hybridized carbons (Fsp3) is 0.267. The number of thiazole rings is 1. The van der Waals surface area contributed by atoms with Crippen molar-refractivity contribution in [2.45, 2.75) is 11.4 Å². The summed E-state index contributed by atoms with van der Waals surface area (Å²) in [6, 6.07) is -0.888. The van der Waals surface area contributed by atoms with Crippen molar-refractivity contribution in [3.8, 4) is 0 Å². The summed E-state index contributed by atoms with van der Waals surface area (Å²) in [5, 5.41) is 16.9. The van der Waals surface area contributed by atoms with Crippen LogP contribution >= 0.6 is 23.1 Å². The molecule has 3 heterocycles. The van der Waals surface area contributed by atoms with Gasteiger partial charge in [-0.1, -0.05) is 17.8 Å². The Balaban J connectivity index is 1.80. The first-order valence-corrected chi connectivity index (χ1v) is 9.48. The highest BCUT2D eigenvalue weighted by Crippen LogP contribution is 2.40. The standard InChI is InChI=1S/C15H15N5O5S2/c1-3-6-4-26-13-9(12(22)20(13)10(6)14(23)24)18-11(21)8(19-25-2)7-5-27-15(16)17-7/h3,5,9,13H,1,4H2,2H3,(H2,16,17)(H,18,21)(H,23,24)/b19-8-/t9-,13-/m1/s1. The average Bonchev–Trinajstić information content (AvgIpc) is 3.08. The first-order valence-electron chi connectivity index (χ1n) is 7.56.